The standard InChI is InChI=1S/C22H25FN2O3/c1-15(17-7-9-18(10-8-17)22(27)28)24-21(26)20-4-2-3-13-25(20)14-16-5-11-19(23)12-6-16/h5-12,15,20H,2-4,13-14H2,1H3,(H,24,26)(H,27,28)/t15-,20?/m0/s1. The summed E-state index contributed by atoms with van der Waals surface area (Å²) in [5.41, 5.74) is 2.07. The van der Waals surface area contributed by atoms with Crippen LogP contribution >= 0.6 is 0 Å². The molecule has 0 spiro atoms. The second-order valence-electron chi connectivity index (χ2n) is 7.27. The average molecular weight is 384 g/mol. The second kappa shape index (κ2) is 8.97. The Morgan fingerprint density at radius 1 is 1.14 bits per heavy atom. The molecule has 2 atom stereocenters. The lowest BCUT2D eigenvalue weighted by Crippen LogP contribution is -2.49. The Labute approximate surface area is 164 Å². The molecular weight excluding hydrogens is 359 g/mol. The number of rotatable bonds is 6. The van der Waals surface area contributed by atoms with E-state index in [0.717, 1.165) is 36.9 Å². The zero-order valence-electron chi connectivity index (χ0n) is 15.9. The largest absolute Gasteiger partial charge is 0.478 e. The number of carboxylic acid groups (broad SMARTS) is 1. The molecule has 2 aromatic rings. The van der Waals surface area contributed by atoms with E-state index in [-0.39, 0.29) is 29.4 Å². The number of hydrogen-bond acceptors (Lipinski definition) is 3. The highest BCUT2D eigenvalue weighted by molar-refractivity contribution is 5.87. The van der Waals surface area contributed by atoms with Gasteiger partial charge in [-0.15, -0.1) is 0 Å². The molecule has 148 valence electrons. The van der Waals surface area contributed by atoms with E-state index >= 15 is 0 Å². The van der Waals surface area contributed by atoms with Crippen LogP contribution in [-0.4, -0.2) is 34.5 Å². The van der Waals surface area contributed by atoms with Crippen LogP contribution in [0, 0.1) is 5.82 Å². The van der Waals surface area contributed by atoms with Gasteiger partial charge in [0.15, 0.2) is 0 Å². The number of aromatic carboxylic acids is 1. The van der Waals surface area contributed by atoms with Gasteiger partial charge in [0.1, 0.15) is 5.82 Å². The first-order chi connectivity index (χ1) is 13.4. The maximum atomic E-state index is 13.1. The third-order valence-electron chi connectivity index (χ3n) is 5.23. The molecule has 0 radical (unpaired) electrons. The minimum absolute atomic E-state index is 0.0309. The normalized spacial score (nSPS) is 18.4. The zero-order valence-corrected chi connectivity index (χ0v) is 15.9. The van der Waals surface area contributed by atoms with E-state index in [4.69, 9.17) is 5.11 Å². The Morgan fingerprint density at radius 3 is 2.46 bits per heavy atom. The average Bonchev–Trinajstić information content (AvgIpc) is 2.70. The first kappa shape index (κ1) is 20.0. The highest BCUT2D eigenvalue weighted by Gasteiger charge is 2.29. The molecule has 1 aliphatic heterocycles. The fourth-order valence-electron chi connectivity index (χ4n) is 3.61. The van der Waals surface area contributed by atoms with Gasteiger partial charge in [0.05, 0.1) is 17.6 Å². The van der Waals surface area contributed by atoms with Gasteiger partial charge < -0.3 is 10.4 Å². The molecule has 3 rings (SSSR count). The molecule has 1 fully saturated rings. The maximum absolute atomic E-state index is 13.1. The number of nitrogens with one attached hydrogen (secondary N) is 1. The predicted molar refractivity (Wildman–Crippen MR) is 104 cm³/mol. The molecule has 0 bridgehead atoms. The third-order valence-corrected chi connectivity index (χ3v) is 5.23. The number of hydrogen-bond donors (Lipinski definition) is 2. The Kier molecular flexibility index (Phi) is 6.41. The number of carboxylic acids is 1. The summed E-state index contributed by atoms with van der Waals surface area (Å²) in [4.78, 5) is 26.0. The molecule has 0 aromatic heterocycles. The number of likely N-dealkylation sites (tertiary alicyclic amines) is 1. The summed E-state index contributed by atoms with van der Waals surface area (Å²) in [5, 5.41) is 12.1. The van der Waals surface area contributed by atoms with Crippen molar-refractivity contribution in [2.75, 3.05) is 6.54 Å². The van der Waals surface area contributed by atoms with Crippen LogP contribution in [0.15, 0.2) is 48.5 Å². The summed E-state index contributed by atoms with van der Waals surface area (Å²) < 4.78 is 13.1. The van der Waals surface area contributed by atoms with Crippen molar-refractivity contribution in [2.45, 2.75) is 44.8 Å². The molecule has 1 saturated heterocycles. The van der Waals surface area contributed by atoms with Crippen molar-refractivity contribution >= 4 is 11.9 Å². The number of benzene rings is 2. The van der Waals surface area contributed by atoms with Crippen LogP contribution in [0.4, 0.5) is 4.39 Å². The van der Waals surface area contributed by atoms with E-state index in [9.17, 15) is 14.0 Å². The summed E-state index contributed by atoms with van der Waals surface area (Å²) in [5.74, 6) is -1.27. The smallest absolute Gasteiger partial charge is 0.335 e. The van der Waals surface area contributed by atoms with Gasteiger partial charge in [-0.1, -0.05) is 30.7 Å². The van der Waals surface area contributed by atoms with Gasteiger partial charge in [-0.2, -0.15) is 0 Å². The number of halogens is 1. The Balaban J connectivity index is 1.64. The predicted octanol–water partition coefficient (Wildman–Crippen LogP) is 3.76. The second-order valence-corrected chi connectivity index (χ2v) is 7.27. The first-order valence-electron chi connectivity index (χ1n) is 9.56. The van der Waals surface area contributed by atoms with E-state index in [0.29, 0.717) is 6.54 Å². The lowest BCUT2D eigenvalue weighted by molar-refractivity contribution is -0.128. The molecule has 0 saturated carbocycles. The number of carbonyl (C=O) groups excluding carboxylic acids is 1. The van der Waals surface area contributed by atoms with Crippen molar-refractivity contribution in [3.63, 3.8) is 0 Å². The van der Waals surface area contributed by atoms with Crippen LogP contribution in [-0.2, 0) is 11.3 Å². The quantitative estimate of drug-likeness (QED) is 0.796. The van der Waals surface area contributed by atoms with E-state index < -0.39 is 5.97 Å². The van der Waals surface area contributed by atoms with Crippen LogP contribution in [0.3, 0.4) is 0 Å². The molecule has 28 heavy (non-hydrogen) atoms. The highest BCUT2D eigenvalue weighted by atomic mass is 19.1. The molecule has 2 aromatic carbocycles. The highest BCUT2D eigenvalue weighted by Crippen LogP contribution is 2.22. The monoisotopic (exact) mass is 384 g/mol. The van der Waals surface area contributed by atoms with Gasteiger partial charge in [0.2, 0.25) is 5.91 Å². The maximum Gasteiger partial charge on any atom is 0.335 e. The fourth-order valence-corrected chi connectivity index (χ4v) is 3.61. The molecule has 1 unspecified atom stereocenters. The van der Waals surface area contributed by atoms with Gasteiger partial charge in [0, 0.05) is 6.54 Å². The van der Waals surface area contributed by atoms with Crippen LogP contribution in [0.1, 0.15) is 53.7 Å². The molecule has 5 nitrogen and oxygen atoms in total. The van der Waals surface area contributed by atoms with Crippen molar-refractivity contribution in [1.29, 1.82) is 0 Å². The minimum atomic E-state index is -0.970. The van der Waals surface area contributed by atoms with Gasteiger partial charge in [-0.05, 0) is 61.7 Å². The summed E-state index contributed by atoms with van der Waals surface area (Å²) >= 11 is 0. The molecule has 0 aliphatic carbocycles. The number of nitrogens with zero attached hydrogens (tertiary/aromatic N) is 1. The van der Waals surface area contributed by atoms with E-state index in [2.05, 4.69) is 10.2 Å². The third kappa shape index (κ3) is 4.95. The van der Waals surface area contributed by atoms with Gasteiger partial charge >= 0.3 is 5.97 Å². The SMILES string of the molecule is C[C@H](NC(=O)C1CCCCN1Cc1ccc(F)cc1)c1ccc(C(=O)O)cc1. The molecular formula is C22H25FN2O3. The number of amides is 1. The lowest BCUT2D eigenvalue weighted by Gasteiger charge is -2.35. The Morgan fingerprint density at radius 2 is 1.82 bits per heavy atom. The summed E-state index contributed by atoms with van der Waals surface area (Å²) in [6.07, 6.45) is 2.83. The van der Waals surface area contributed by atoms with Gasteiger partial charge in [0.25, 0.3) is 0 Å². The van der Waals surface area contributed by atoms with Crippen molar-refractivity contribution < 1.29 is 19.1 Å². The number of carbonyl (C=O) groups is 2. The fraction of sp³-hybridized carbons (Fsp3) is 0.364. The van der Waals surface area contributed by atoms with Gasteiger partial charge in [-0.3, -0.25) is 9.69 Å². The minimum Gasteiger partial charge on any atom is -0.478 e. The van der Waals surface area contributed by atoms with Crippen molar-refractivity contribution in [2.24, 2.45) is 0 Å². The van der Waals surface area contributed by atoms with E-state index in [1.807, 2.05) is 6.92 Å². The molecule has 1 aliphatic rings. The summed E-state index contributed by atoms with van der Waals surface area (Å²) in [6.45, 7) is 3.33. The van der Waals surface area contributed by atoms with Crippen molar-refractivity contribution in [1.82, 2.24) is 10.2 Å². The van der Waals surface area contributed by atoms with Crippen LogP contribution in [0.2, 0.25) is 0 Å². The number of piperidine rings is 1. The first-order valence-corrected chi connectivity index (χ1v) is 9.56. The van der Waals surface area contributed by atoms with E-state index in [1.54, 1.807) is 36.4 Å². The molecule has 2 N–H and O–H groups in total. The van der Waals surface area contributed by atoms with E-state index in [1.165, 1.54) is 12.1 Å². The van der Waals surface area contributed by atoms with Crippen molar-refractivity contribution in [3.05, 3.63) is 71.0 Å². The van der Waals surface area contributed by atoms with Crippen LogP contribution in [0.5, 0.6) is 0 Å². The Hall–Kier alpha value is -2.73. The van der Waals surface area contributed by atoms with Crippen LogP contribution < -0.4 is 5.32 Å². The molecule has 6 heteroatoms. The Bertz CT molecular complexity index is 821. The topological polar surface area (TPSA) is 69.6 Å². The molecule has 1 amide bonds. The summed E-state index contributed by atoms with van der Waals surface area (Å²) in [7, 11) is 0. The van der Waals surface area contributed by atoms with Gasteiger partial charge in [-0.25, -0.2) is 9.18 Å². The van der Waals surface area contributed by atoms with Crippen molar-refractivity contribution in [3.8, 4) is 0 Å². The van der Waals surface area contributed by atoms with Crippen LogP contribution in [0.25, 0.3) is 0 Å². The lowest BCUT2D eigenvalue weighted by atomic mass is 9.99. The molecule has 1 heterocycles. The zero-order chi connectivity index (χ0) is 20.1. The summed E-state index contributed by atoms with van der Waals surface area (Å²) in [6, 6.07) is 12.5.